The van der Waals surface area contributed by atoms with Crippen LogP contribution in [0.4, 0.5) is 14.5 Å². The van der Waals surface area contributed by atoms with E-state index in [0.717, 1.165) is 60.0 Å². The van der Waals surface area contributed by atoms with Gasteiger partial charge in [-0.2, -0.15) is 0 Å². The normalized spacial score (nSPS) is 17.2. The minimum atomic E-state index is -0.881. The molecule has 2 aliphatic rings. The predicted octanol–water partition coefficient (Wildman–Crippen LogP) is 3.98. The molecule has 3 aromatic rings. The molecular formula is C24H23F2N5. The van der Waals surface area contributed by atoms with E-state index in [1.807, 2.05) is 31.5 Å². The number of fused-ring (bicyclic) bond motifs is 1. The molecule has 0 spiro atoms. The molecule has 0 atom stereocenters. The number of pyridine rings is 2. The molecule has 1 fully saturated rings. The molecule has 0 bridgehead atoms. The average Bonchev–Trinajstić information content (AvgIpc) is 3.30. The van der Waals surface area contributed by atoms with Gasteiger partial charge in [0.05, 0.1) is 40.9 Å². The maximum atomic E-state index is 13.8. The van der Waals surface area contributed by atoms with E-state index < -0.39 is 11.6 Å². The van der Waals surface area contributed by atoms with Gasteiger partial charge in [-0.05, 0) is 56.3 Å². The fourth-order valence-corrected chi connectivity index (χ4v) is 4.27. The molecule has 1 aromatic carbocycles. The van der Waals surface area contributed by atoms with Gasteiger partial charge in [-0.1, -0.05) is 6.08 Å². The number of aromatic nitrogens is 2. The van der Waals surface area contributed by atoms with Crippen LogP contribution < -0.4 is 10.2 Å². The molecule has 4 heterocycles. The number of aliphatic imine (C=N–C) groups is 1. The van der Waals surface area contributed by atoms with E-state index in [1.54, 1.807) is 6.07 Å². The molecule has 0 radical (unpaired) electrons. The second-order valence-electron chi connectivity index (χ2n) is 7.91. The first-order valence-electron chi connectivity index (χ1n) is 10.5. The Labute approximate surface area is 179 Å². The molecule has 5 nitrogen and oxygen atoms in total. The second kappa shape index (κ2) is 8.15. The molecule has 0 saturated carbocycles. The highest BCUT2D eigenvalue weighted by Crippen LogP contribution is 2.27. The number of hydrogen-bond donors (Lipinski definition) is 1. The van der Waals surface area contributed by atoms with Gasteiger partial charge in [0.15, 0.2) is 11.6 Å². The van der Waals surface area contributed by atoms with Gasteiger partial charge in [0.25, 0.3) is 0 Å². The molecule has 158 valence electrons. The van der Waals surface area contributed by atoms with Crippen LogP contribution in [0.25, 0.3) is 16.6 Å². The largest absolute Gasteiger partial charge is 0.370 e. The lowest BCUT2D eigenvalue weighted by Gasteiger charge is -2.33. The molecule has 0 unspecified atom stereocenters. The first-order chi connectivity index (χ1) is 15.1. The van der Waals surface area contributed by atoms with Crippen LogP contribution in [0.1, 0.15) is 24.1 Å². The Kier molecular flexibility index (Phi) is 5.19. The van der Waals surface area contributed by atoms with Gasteiger partial charge < -0.3 is 10.2 Å². The smallest absolute Gasteiger partial charge is 0.159 e. The van der Waals surface area contributed by atoms with E-state index in [1.165, 1.54) is 6.07 Å². The third kappa shape index (κ3) is 3.81. The van der Waals surface area contributed by atoms with Crippen molar-refractivity contribution in [3.8, 4) is 0 Å². The zero-order valence-electron chi connectivity index (χ0n) is 17.3. The Bertz CT molecular complexity index is 1200. The van der Waals surface area contributed by atoms with Gasteiger partial charge in [-0.25, -0.2) is 13.8 Å². The Morgan fingerprint density at radius 1 is 1.00 bits per heavy atom. The van der Waals surface area contributed by atoms with Crippen LogP contribution in [0.2, 0.25) is 0 Å². The average molecular weight is 419 g/mol. The summed E-state index contributed by atoms with van der Waals surface area (Å²) in [6, 6.07) is 10.4. The monoisotopic (exact) mass is 419 g/mol. The molecule has 1 saturated heterocycles. The van der Waals surface area contributed by atoms with Crippen LogP contribution in [0.15, 0.2) is 53.7 Å². The summed E-state index contributed by atoms with van der Waals surface area (Å²) < 4.78 is 27.1. The lowest BCUT2D eigenvalue weighted by molar-refractivity contribution is 0.442. The summed E-state index contributed by atoms with van der Waals surface area (Å²) in [5.41, 5.74) is 5.45. The fourth-order valence-electron chi connectivity index (χ4n) is 4.27. The van der Waals surface area contributed by atoms with E-state index in [-0.39, 0.29) is 0 Å². The second-order valence-corrected chi connectivity index (χ2v) is 7.91. The molecular weight excluding hydrogens is 396 g/mol. The van der Waals surface area contributed by atoms with Crippen molar-refractivity contribution in [1.29, 1.82) is 0 Å². The van der Waals surface area contributed by atoms with E-state index in [0.29, 0.717) is 23.9 Å². The number of rotatable bonds is 4. The Morgan fingerprint density at radius 2 is 1.84 bits per heavy atom. The number of allylic oxidation sites excluding steroid dienone is 1. The topological polar surface area (TPSA) is 53.4 Å². The van der Waals surface area contributed by atoms with Crippen LogP contribution in [0.3, 0.4) is 0 Å². The summed E-state index contributed by atoms with van der Waals surface area (Å²) in [4.78, 5) is 16.3. The highest BCUT2D eigenvalue weighted by Gasteiger charge is 2.21. The van der Waals surface area contributed by atoms with Crippen LogP contribution in [0.5, 0.6) is 0 Å². The van der Waals surface area contributed by atoms with Crippen LogP contribution in [0, 0.1) is 11.6 Å². The zero-order chi connectivity index (χ0) is 21.4. The minimum Gasteiger partial charge on any atom is -0.370 e. The summed E-state index contributed by atoms with van der Waals surface area (Å²) in [6.45, 7) is 2.45. The summed E-state index contributed by atoms with van der Waals surface area (Å²) >= 11 is 0. The van der Waals surface area contributed by atoms with Crippen molar-refractivity contribution in [2.45, 2.75) is 18.9 Å². The fraction of sp³-hybridized carbons (Fsp3) is 0.292. The molecule has 0 aliphatic carbocycles. The lowest BCUT2D eigenvalue weighted by atomic mass is 10.00. The third-order valence-corrected chi connectivity index (χ3v) is 6.06. The van der Waals surface area contributed by atoms with E-state index in [2.05, 4.69) is 26.3 Å². The number of nitrogens with zero attached hydrogens (tertiary/aromatic N) is 4. The maximum Gasteiger partial charge on any atom is 0.159 e. The standard InChI is InChI=1S/C24H23F2N5/c1-27-16-7-10-31(11-8-16)17-13-23-22(29-14-17)5-4-21(30-23)18-6-9-28-24(18)15-2-3-19(25)20(26)12-15/h2-6,12-14,16,27H,7-11H2,1H3. The Balaban J connectivity index is 1.45. The van der Waals surface area contributed by atoms with Crippen molar-refractivity contribution in [1.82, 2.24) is 15.3 Å². The number of nitrogens with one attached hydrogen (secondary N) is 1. The summed E-state index contributed by atoms with van der Waals surface area (Å²) in [7, 11) is 2.01. The number of benzene rings is 1. The number of hydrogen-bond acceptors (Lipinski definition) is 5. The van der Waals surface area contributed by atoms with Crippen molar-refractivity contribution in [2.24, 2.45) is 4.99 Å². The zero-order valence-corrected chi connectivity index (χ0v) is 17.3. The van der Waals surface area contributed by atoms with Crippen LogP contribution >= 0.6 is 0 Å². The van der Waals surface area contributed by atoms with Crippen molar-refractivity contribution < 1.29 is 8.78 Å². The van der Waals surface area contributed by atoms with Crippen LogP contribution in [-0.4, -0.2) is 48.4 Å². The SMILES string of the molecule is CNC1CCN(c2cnc3ccc(C4=CCN=C4c4ccc(F)c(F)c4)nc3c2)CC1. The van der Waals surface area contributed by atoms with Gasteiger partial charge in [0, 0.05) is 30.3 Å². The highest BCUT2D eigenvalue weighted by atomic mass is 19.2. The van der Waals surface area contributed by atoms with Gasteiger partial charge in [0.1, 0.15) is 0 Å². The molecule has 2 aromatic heterocycles. The van der Waals surface area contributed by atoms with Gasteiger partial charge in [-0.15, -0.1) is 0 Å². The lowest BCUT2D eigenvalue weighted by Crippen LogP contribution is -2.41. The van der Waals surface area contributed by atoms with Crippen molar-refractivity contribution in [2.75, 3.05) is 31.6 Å². The number of piperidine rings is 1. The summed E-state index contributed by atoms with van der Waals surface area (Å²) in [6.07, 6.45) is 6.07. The number of halogens is 2. The Hall–Kier alpha value is -3.19. The summed E-state index contributed by atoms with van der Waals surface area (Å²) in [5.74, 6) is -1.75. The number of anilines is 1. The Morgan fingerprint density at radius 3 is 2.61 bits per heavy atom. The van der Waals surface area contributed by atoms with Crippen molar-refractivity contribution in [3.05, 3.63) is 71.6 Å². The molecule has 5 rings (SSSR count). The molecule has 2 aliphatic heterocycles. The highest BCUT2D eigenvalue weighted by molar-refractivity contribution is 6.32. The quantitative estimate of drug-likeness (QED) is 0.695. The van der Waals surface area contributed by atoms with E-state index in [9.17, 15) is 8.78 Å². The van der Waals surface area contributed by atoms with Crippen molar-refractivity contribution in [3.63, 3.8) is 0 Å². The molecule has 7 heteroatoms. The minimum absolute atomic E-state index is 0.488. The van der Waals surface area contributed by atoms with Crippen LogP contribution in [-0.2, 0) is 0 Å². The summed E-state index contributed by atoms with van der Waals surface area (Å²) in [5, 5.41) is 3.35. The maximum absolute atomic E-state index is 13.8. The van der Waals surface area contributed by atoms with Crippen molar-refractivity contribution >= 4 is 28.0 Å². The third-order valence-electron chi connectivity index (χ3n) is 6.06. The van der Waals surface area contributed by atoms with Gasteiger partial charge >= 0.3 is 0 Å². The van der Waals surface area contributed by atoms with E-state index in [4.69, 9.17) is 4.98 Å². The first kappa shape index (κ1) is 19.8. The van der Waals surface area contributed by atoms with Gasteiger partial charge in [0.2, 0.25) is 0 Å². The van der Waals surface area contributed by atoms with E-state index >= 15 is 0 Å². The molecule has 31 heavy (non-hydrogen) atoms. The van der Waals surface area contributed by atoms with Gasteiger partial charge in [-0.3, -0.25) is 9.98 Å². The first-order valence-corrected chi connectivity index (χ1v) is 10.5. The molecule has 0 amide bonds. The predicted molar refractivity (Wildman–Crippen MR) is 120 cm³/mol. The molecule has 1 N–H and O–H groups in total.